The van der Waals surface area contributed by atoms with E-state index in [0.717, 1.165) is 37.6 Å². The molecule has 1 fully saturated rings. The second-order valence-corrected chi connectivity index (χ2v) is 7.04. The van der Waals surface area contributed by atoms with E-state index in [1.165, 1.54) is 25.5 Å². The molecule has 7 heteroatoms. The van der Waals surface area contributed by atoms with Gasteiger partial charge in [0.15, 0.2) is 0 Å². The van der Waals surface area contributed by atoms with Gasteiger partial charge in [-0.25, -0.2) is 13.8 Å². The minimum absolute atomic E-state index is 0.0179. The predicted octanol–water partition coefficient (Wildman–Crippen LogP) is 3.81. The molecule has 1 aliphatic rings. The number of rotatable bonds is 6. The fraction of sp³-hybridized carbons (Fsp3) is 0.500. The molecule has 5 nitrogen and oxygen atoms in total. The third-order valence-electron chi connectivity index (χ3n) is 5.01. The predicted molar refractivity (Wildman–Crippen MR) is 97.9 cm³/mol. The van der Waals surface area contributed by atoms with Gasteiger partial charge in [-0.05, 0) is 44.9 Å². The molecule has 2 aromatic rings. The molecule has 1 saturated heterocycles. The van der Waals surface area contributed by atoms with Crippen LogP contribution < -0.4 is 5.32 Å². The first-order chi connectivity index (χ1) is 12.9. The number of piperidine rings is 1. The zero-order valence-electron chi connectivity index (χ0n) is 15.7. The molecule has 0 spiro atoms. The smallest absolute Gasteiger partial charge is 0.229 e. The third-order valence-corrected chi connectivity index (χ3v) is 5.01. The summed E-state index contributed by atoms with van der Waals surface area (Å²) in [6, 6.07) is 3.74. The van der Waals surface area contributed by atoms with Crippen molar-refractivity contribution >= 4 is 5.91 Å². The Kier molecular flexibility index (Phi) is 6.21. The van der Waals surface area contributed by atoms with Gasteiger partial charge in [0.2, 0.25) is 11.8 Å². The molecule has 0 radical (unpaired) electrons. The summed E-state index contributed by atoms with van der Waals surface area (Å²) in [4.78, 5) is 17.9. The van der Waals surface area contributed by atoms with Crippen LogP contribution in [0.3, 0.4) is 0 Å². The Labute approximate surface area is 157 Å². The minimum atomic E-state index is -0.686. The van der Waals surface area contributed by atoms with Crippen molar-refractivity contribution in [2.75, 3.05) is 13.1 Å². The molecule has 2 heterocycles. The normalized spacial score (nSPS) is 17.9. The summed E-state index contributed by atoms with van der Waals surface area (Å²) in [6.45, 7) is 5.55. The van der Waals surface area contributed by atoms with E-state index < -0.39 is 11.6 Å². The van der Waals surface area contributed by atoms with Crippen LogP contribution in [0.15, 0.2) is 22.6 Å². The van der Waals surface area contributed by atoms with Crippen LogP contribution in [0.1, 0.15) is 44.1 Å². The molecule has 1 amide bonds. The molecule has 0 aliphatic carbocycles. The van der Waals surface area contributed by atoms with Crippen LogP contribution in [0, 0.1) is 18.6 Å². The highest BCUT2D eigenvalue weighted by Gasteiger charge is 2.25. The monoisotopic (exact) mass is 377 g/mol. The average molecular weight is 377 g/mol. The van der Waals surface area contributed by atoms with Crippen molar-refractivity contribution in [3.05, 3.63) is 41.3 Å². The van der Waals surface area contributed by atoms with Gasteiger partial charge >= 0.3 is 0 Å². The SMILES string of the molecule is CC(=O)NCC[C@@H]1CCCCN1Cc1nc(-c2ccc(F)cc2F)oc1C. The lowest BCUT2D eigenvalue weighted by Gasteiger charge is -2.35. The van der Waals surface area contributed by atoms with E-state index in [1.807, 2.05) is 6.92 Å². The minimum Gasteiger partial charge on any atom is -0.441 e. The maximum atomic E-state index is 14.0. The summed E-state index contributed by atoms with van der Waals surface area (Å²) in [5.41, 5.74) is 0.923. The lowest BCUT2D eigenvalue weighted by atomic mass is 9.99. The molecule has 27 heavy (non-hydrogen) atoms. The zero-order valence-corrected chi connectivity index (χ0v) is 15.7. The summed E-state index contributed by atoms with van der Waals surface area (Å²) < 4.78 is 32.8. The number of carbonyl (C=O) groups is 1. The number of aromatic nitrogens is 1. The van der Waals surface area contributed by atoms with Crippen LogP contribution >= 0.6 is 0 Å². The summed E-state index contributed by atoms with van der Waals surface area (Å²) >= 11 is 0. The van der Waals surface area contributed by atoms with E-state index in [-0.39, 0.29) is 17.4 Å². The molecular formula is C20H25F2N3O2. The van der Waals surface area contributed by atoms with Gasteiger partial charge in [-0.2, -0.15) is 0 Å². The average Bonchev–Trinajstić information content (AvgIpc) is 2.96. The molecular weight excluding hydrogens is 352 g/mol. The standard InChI is InChI=1S/C20H25F2N3O2/c1-13-19(24-20(27-13)17-7-6-15(21)11-18(17)22)12-25-10-4-3-5-16(25)8-9-23-14(2)26/h6-7,11,16H,3-5,8-10,12H2,1-2H3,(H,23,26)/t16-/m0/s1. The Hall–Kier alpha value is -2.28. The molecule has 1 N–H and O–H groups in total. The van der Waals surface area contributed by atoms with Gasteiger partial charge in [-0.3, -0.25) is 9.69 Å². The van der Waals surface area contributed by atoms with Gasteiger partial charge in [0, 0.05) is 32.1 Å². The highest BCUT2D eigenvalue weighted by Crippen LogP contribution is 2.27. The van der Waals surface area contributed by atoms with Crippen molar-refractivity contribution in [3.8, 4) is 11.5 Å². The summed E-state index contributed by atoms with van der Waals surface area (Å²) in [7, 11) is 0. The maximum absolute atomic E-state index is 14.0. The fourth-order valence-corrected chi connectivity index (χ4v) is 3.56. The number of aryl methyl sites for hydroxylation is 1. The van der Waals surface area contributed by atoms with Crippen LogP contribution in [-0.2, 0) is 11.3 Å². The van der Waals surface area contributed by atoms with Crippen LogP contribution in [-0.4, -0.2) is 34.9 Å². The second kappa shape index (κ2) is 8.61. The topological polar surface area (TPSA) is 58.4 Å². The number of amides is 1. The number of hydrogen-bond donors (Lipinski definition) is 1. The first-order valence-electron chi connectivity index (χ1n) is 9.34. The summed E-state index contributed by atoms with van der Waals surface area (Å²) in [5, 5.41) is 2.85. The van der Waals surface area contributed by atoms with Crippen molar-refractivity contribution in [3.63, 3.8) is 0 Å². The Morgan fingerprint density at radius 3 is 2.93 bits per heavy atom. The van der Waals surface area contributed by atoms with Crippen molar-refractivity contribution in [2.45, 2.75) is 52.1 Å². The van der Waals surface area contributed by atoms with Crippen LogP contribution in [0.5, 0.6) is 0 Å². The second-order valence-electron chi connectivity index (χ2n) is 7.04. The molecule has 0 bridgehead atoms. The Morgan fingerprint density at radius 2 is 2.19 bits per heavy atom. The number of carbonyl (C=O) groups excluding carboxylic acids is 1. The van der Waals surface area contributed by atoms with Crippen LogP contribution in [0.2, 0.25) is 0 Å². The van der Waals surface area contributed by atoms with E-state index in [4.69, 9.17) is 4.42 Å². The highest BCUT2D eigenvalue weighted by molar-refractivity contribution is 5.72. The van der Waals surface area contributed by atoms with Gasteiger partial charge in [-0.1, -0.05) is 6.42 Å². The highest BCUT2D eigenvalue weighted by atomic mass is 19.1. The van der Waals surface area contributed by atoms with Crippen LogP contribution in [0.25, 0.3) is 11.5 Å². The first kappa shape index (κ1) is 19.5. The molecule has 0 saturated carbocycles. The van der Waals surface area contributed by atoms with E-state index in [9.17, 15) is 13.6 Å². The number of oxazole rings is 1. The molecule has 3 rings (SSSR count). The van der Waals surface area contributed by atoms with Crippen molar-refractivity contribution in [1.82, 2.24) is 15.2 Å². The van der Waals surface area contributed by atoms with Gasteiger partial charge in [0.05, 0.1) is 11.3 Å². The number of nitrogens with zero attached hydrogens (tertiary/aromatic N) is 2. The van der Waals surface area contributed by atoms with Gasteiger partial charge in [0.1, 0.15) is 17.4 Å². The van der Waals surface area contributed by atoms with Gasteiger partial charge in [0.25, 0.3) is 0 Å². The molecule has 146 valence electrons. The molecule has 1 aromatic carbocycles. The number of nitrogens with one attached hydrogen (secondary N) is 1. The lowest BCUT2D eigenvalue weighted by molar-refractivity contribution is -0.119. The number of hydrogen-bond acceptors (Lipinski definition) is 4. The number of likely N-dealkylation sites (tertiary alicyclic amines) is 1. The third kappa shape index (κ3) is 4.91. The van der Waals surface area contributed by atoms with E-state index >= 15 is 0 Å². The molecule has 1 aromatic heterocycles. The van der Waals surface area contributed by atoms with E-state index in [1.54, 1.807) is 0 Å². The van der Waals surface area contributed by atoms with Crippen molar-refractivity contribution in [1.29, 1.82) is 0 Å². The number of halogens is 2. The molecule has 1 aliphatic heterocycles. The lowest BCUT2D eigenvalue weighted by Crippen LogP contribution is -2.41. The van der Waals surface area contributed by atoms with E-state index in [2.05, 4.69) is 15.2 Å². The van der Waals surface area contributed by atoms with E-state index in [0.29, 0.717) is 24.9 Å². The van der Waals surface area contributed by atoms with Gasteiger partial charge in [-0.15, -0.1) is 0 Å². The zero-order chi connectivity index (χ0) is 19.4. The Balaban J connectivity index is 1.72. The largest absolute Gasteiger partial charge is 0.441 e. The van der Waals surface area contributed by atoms with Gasteiger partial charge < -0.3 is 9.73 Å². The first-order valence-corrected chi connectivity index (χ1v) is 9.34. The Morgan fingerprint density at radius 1 is 1.37 bits per heavy atom. The van der Waals surface area contributed by atoms with Crippen LogP contribution in [0.4, 0.5) is 8.78 Å². The molecule has 1 atom stereocenters. The quantitative estimate of drug-likeness (QED) is 0.832. The Bertz CT molecular complexity index is 807. The number of benzene rings is 1. The maximum Gasteiger partial charge on any atom is 0.229 e. The molecule has 0 unspecified atom stereocenters. The summed E-state index contributed by atoms with van der Waals surface area (Å²) in [5.74, 6) is -0.522. The van der Waals surface area contributed by atoms with Crippen molar-refractivity contribution in [2.24, 2.45) is 0 Å². The fourth-order valence-electron chi connectivity index (χ4n) is 3.56. The van der Waals surface area contributed by atoms with Crippen molar-refractivity contribution < 1.29 is 18.0 Å². The summed E-state index contributed by atoms with van der Waals surface area (Å²) in [6.07, 6.45) is 4.25.